The highest BCUT2D eigenvalue weighted by Crippen LogP contribution is 2.02. The smallest absolute Gasteiger partial charge is 0.299 e. The highest BCUT2D eigenvalue weighted by molar-refractivity contribution is 9.47. The summed E-state index contributed by atoms with van der Waals surface area (Å²) in [6.07, 6.45) is 0. The fourth-order valence-electron chi connectivity index (χ4n) is 1.11. The third-order valence-electron chi connectivity index (χ3n) is 1.58. The number of hydrogen-bond acceptors (Lipinski definition) is 1. The van der Waals surface area contributed by atoms with Crippen molar-refractivity contribution in [1.29, 1.82) is 0 Å². The van der Waals surface area contributed by atoms with E-state index in [2.05, 4.69) is 65.3 Å². The summed E-state index contributed by atoms with van der Waals surface area (Å²) in [5.41, 5.74) is 0. The van der Waals surface area contributed by atoms with E-state index in [-0.39, 0.29) is 16.0 Å². The summed E-state index contributed by atoms with van der Waals surface area (Å²) < 4.78 is 0. The Kier molecular flexibility index (Phi) is 14.5. The van der Waals surface area contributed by atoms with Crippen molar-refractivity contribution in [3.05, 3.63) is 6.92 Å². The lowest BCUT2D eigenvalue weighted by atomic mass is 10.2. The first kappa shape index (κ1) is 16.1. The molecule has 12 heavy (non-hydrogen) atoms. The van der Waals surface area contributed by atoms with Crippen molar-refractivity contribution in [2.45, 2.75) is 39.8 Å². The van der Waals surface area contributed by atoms with Crippen LogP contribution in [0.15, 0.2) is 0 Å². The van der Waals surface area contributed by atoms with Crippen LogP contribution in [0.1, 0.15) is 27.7 Å². The van der Waals surface area contributed by atoms with Gasteiger partial charge in [-0.3, -0.25) is 30.7 Å². The first-order valence-electron chi connectivity index (χ1n) is 4.18. The molecule has 0 aliphatic carbocycles. The molecule has 0 unspecified atom stereocenters. The summed E-state index contributed by atoms with van der Waals surface area (Å²) in [5, 5.41) is 0. The minimum Gasteiger partial charge on any atom is -0.299 e. The number of hydrogen-bond donors (Lipinski definition) is 0. The van der Waals surface area contributed by atoms with E-state index in [0.29, 0.717) is 12.1 Å². The summed E-state index contributed by atoms with van der Waals surface area (Å²) in [7, 11) is 0. The molecule has 0 rings (SSSR count). The normalized spacial score (nSPS) is 9.83. The minimum absolute atomic E-state index is 0.0417. The van der Waals surface area contributed by atoms with Gasteiger partial charge in [0.1, 0.15) is 0 Å². The molecule has 0 saturated carbocycles. The minimum atomic E-state index is 0.0417. The van der Waals surface area contributed by atoms with Crippen molar-refractivity contribution in [2.24, 2.45) is 0 Å². The van der Waals surface area contributed by atoms with Gasteiger partial charge in [-0.1, -0.05) is 0 Å². The van der Waals surface area contributed by atoms with E-state index in [1.807, 2.05) is 0 Å². The summed E-state index contributed by atoms with van der Waals surface area (Å²) in [4.78, 5) is 2.35. The Morgan fingerprint density at radius 3 is 1.42 bits per heavy atom. The van der Waals surface area contributed by atoms with Crippen LogP contribution in [0.4, 0.5) is 0 Å². The van der Waals surface area contributed by atoms with Crippen molar-refractivity contribution in [1.82, 2.24) is 4.90 Å². The largest absolute Gasteiger partial charge is 0.560 e. The summed E-state index contributed by atoms with van der Waals surface area (Å²) in [5.74, 6) is 0. The lowest BCUT2D eigenvalue weighted by Crippen LogP contribution is -2.36. The predicted octanol–water partition coefficient (Wildman–Crippen LogP) is 3.25. The molecule has 0 aromatic rings. The lowest BCUT2D eigenvalue weighted by Gasteiger charge is -2.28. The molecule has 0 bridgehead atoms. The van der Waals surface area contributed by atoms with Gasteiger partial charge in [-0.25, -0.2) is 0 Å². The molecule has 71 valence electrons. The molecule has 0 saturated heterocycles. The maximum Gasteiger partial charge on any atom is 0.560 e. The zero-order chi connectivity index (χ0) is 10.1. The second-order valence-corrected chi connectivity index (χ2v) is 11.1. The van der Waals surface area contributed by atoms with E-state index in [1.165, 1.54) is 0 Å². The number of halogens is 2. The van der Waals surface area contributed by atoms with Crippen LogP contribution in [0.3, 0.4) is 0 Å². The molecule has 0 spiro atoms. The number of nitrogens with zero attached hydrogens (tertiary/aromatic N) is 1. The van der Waals surface area contributed by atoms with Crippen LogP contribution in [-0.4, -0.2) is 39.5 Å². The molecule has 1 radical (unpaired) electrons. The second-order valence-electron chi connectivity index (χ2n) is 3.03. The van der Waals surface area contributed by atoms with Gasteiger partial charge in [0, 0.05) is 12.1 Å². The molecule has 0 aromatic carbocycles. The van der Waals surface area contributed by atoms with Crippen molar-refractivity contribution >= 4 is 41.8 Å². The zero-order valence-electron chi connectivity index (χ0n) is 8.48. The Balaban J connectivity index is 0. The van der Waals surface area contributed by atoms with Gasteiger partial charge in [0.25, 0.3) is 0 Å². The molecule has 0 N–H and O–H groups in total. The number of rotatable bonds is 3. The van der Waals surface area contributed by atoms with E-state index >= 15 is 0 Å². The Labute approximate surface area is 99.1 Å². The van der Waals surface area contributed by atoms with Crippen molar-refractivity contribution in [3.63, 3.8) is 0 Å². The van der Waals surface area contributed by atoms with Gasteiger partial charge >= 0.3 is 16.0 Å². The van der Waals surface area contributed by atoms with Crippen LogP contribution >= 0.6 is 25.8 Å². The van der Waals surface area contributed by atoms with Gasteiger partial charge in [-0.2, -0.15) is 0 Å². The molecule has 0 atom stereocenters. The fraction of sp³-hybridized carbons (Fsp3) is 0.875. The highest BCUT2D eigenvalue weighted by atomic mass is 79.9. The van der Waals surface area contributed by atoms with Crippen molar-refractivity contribution < 1.29 is 0 Å². The van der Waals surface area contributed by atoms with Crippen LogP contribution in [-0.2, 0) is 0 Å². The monoisotopic (exact) mass is 310 g/mol. The third kappa shape index (κ3) is 9.77. The fourth-order valence-corrected chi connectivity index (χ4v) is 1.11. The van der Waals surface area contributed by atoms with Crippen LogP contribution in [0.5, 0.6) is 0 Å². The van der Waals surface area contributed by atoms with Crippen LogP contribution in [0.25, 0.3) is 0 Å². The van der Waals surface area contributed by atoms with Gasteiger partial charge in [0.15, 0.2) is 0 Å². The molecular weight excluding hydrogens is 294 g/mol. The topological polar surface area (TPSA) is 3.24 Å². The van der Waals surface area contributed by atoms with E-state index in [4.69, 9.17) is 0 Å². The van der Waals surface area contributed by atoms with Crippen LogP contribution < -0.4 is 0 Å². The average Bonchev–Trinajstić information content (AvgIpc) is 1.88. The van der Waals surface area contributed by atoms with Gasteiger partial charge < -0.3 is 0 Å². The first-order chi connectivity index (χ1) is 5.51. The van der Waals surface area contributed by atoms with Gasteiger partial charge in [0.05, 0.1) is 0 Å². The van der Waals surface area contributed by atoms with Crippen LogP contribution in [0.2, 0.25) is 0 Å². The average molecular weight is 312 g/mol. The van der Waals surface area contributed by atoms with Gasteiger partial charge in [0.2, 0.25) is 0 Å². The molecule has 0 aliphatic heterocycles. The molecule has 0 heterocycles. The van der Waals surface area contributed by atoms with E-state index in [9.17, 15) is 0 Å². The zero-order valence-corrected chi connectivity index (χ0v) is 13.1. The summed E-state index contributed by atoms with van der Waals surface area (Å²) in [6.45, 7) is 13.6. The maximum atomic E-state index is 3.85. The molecular formula is C8H18Br2MgN. The molecule has 0 aromatic heterocycles. The lowest BCUT2D eigenvalue weighted by molar-refractivity contribution is 0.195. The Bertz CT molecular complexity index is 81.1. The van der Waals surface area contributed by atoms with Crippen molar-refractivity contribution in [2.75, 3.05) is 6.54 Å². The maximum absolute atomic E-state index is 3.85. The van der Waals surface area contributed by atoms with E-state index < -0.39 is 0 Å². The molecule has 4 heteroatoms. The first-order valence-corrected chi connectivity index (χ1v) is 12.0. The van der Waals surface area contributed by atoms with Crippen LogP contribution in [0, 0.1) is 6.92 Å². The Hall–Kier alpha value is 1.69. The van der Waals surface area contributed by atoms with Crippen molar-refractivity contribution in [3.8, 4) is 0 Å². The van der Waals surface area contributed by atoms with E-state index in [0.717, 1.165) is 6.54 Å². The molecule has 1 nitrogen and oxygen atoms in total. The SMILES string of the molecule is [Br][Mg][Br].[CH2]CN(C(C)C)C(C)C. The standard InChI is InChI=1S/C8H18N.2BrH.Mg/c1-6-9(7(2)3)8(4)5;;;/h7-8H,1,6H2,2-5H3;2*1H;/q;;;+2/p-2. The molecule has 0 fully saturated rings. The third-order valence-corrected chi connectivity index (χ3v) is 1.58. The summed E-state index contributed by atoms with van der Waals surface area (Å²) >= 11 is 6.44. The second kappa shape index (κ2) is 10.8. The Morgan fingerprint density at radius 2 is 1.42 bits per heavy atom. The predicted molar refractivity (Wildman–Crippen MR) is 65.9 cm³/mol. The van der Waals surface area contributed by atoms with E-state index in [1.54, 1.807) is 0 Å². The van der Waals surface area contributed by atoms with Gasteiger partial charge in [-0.15, -0.1) is 0 Å². The quantitative estimate of drug-likeness (QED) is 0.723. The summed E-state index contributed by atoms with van der Waals surface area (Å²) in [6, 6.07) is 1.25. The molecule has 0 amide bonds. The highest BCUT2D eigenvalue weighted by Gasteiger charge is 2.09. The van der Waals surface area contributed by atoms with Gasteiger partial charge in [-0.05, 0) is 41.2 Å². The Morgan fingerprint density at radius 1 is 1.17 bits per heavy atom. The molecule has 0 aliphatic rings.